The molecule has 0 aliphatic rings. The van der Waals surface area contributed by atoms with Crippen molar-refractivity contribution in [2.75, 3.05) is 0 Å². The molecule has 1 aromatic heterocycles. The van der Waals surface area contributed by atoms with Gasteiger partial charge in [-0.2, -0.15) is 0 Å². The van der Waals surface area contributed by atoms with E-state index in [1.807, 2.05) is 6.92 Å². The molecule has 6 heteroatoms. The number of nitrogens with zero attached hydrogens (tertiary/aromatic N) is 1. The molecule has 0 amide bonds. The molecule has 5 nitrogen and oxygen atoms in total. The van der Waals surface area contributed by atoms with Gasteiger partial charge in [-0.25, -0.2) is 4.79 Å². The summed E-state index contributed by atoms with van der Waals surface area (Å²) in [6.07, 6.45) is -0.141. The molecule has 0 radical (unpaired) electrons. The zero-order chi connectivity index (χ0) is 13.3. The Labute approximate surface area is 107 Å². The van der Waals surface area contributed by atoms with Crippen LogP contribution in [0.5, 0.6) is 5.75 Å². The van der Waals surface area contributed by atoms with Crippen LogP contribution in [0.25, 0.3) is 10.9 Å². The fourth-order valence-corrected chi connectivity index (χ4v) is 1.93. The van der Waals surface area contributed by atoms with Gasteiger partial charge in [0.1, 0.15) is 0 Å². The van der Waals surface area contributed by atoms with E-state index in [4.69, 9.17) is 16.7 Å². The van der Waals surface area contributed by atoms with Gasteiger partial charge in [0.25, 0.3) is 0 Å². The van der Waals surface area contributed by atoms with Crippen LogP contribution in [0.1, 0.15) is 6.92 Å². The average molecular weight is 268 g/mol. The molecule has 94 valence electrons. The Kier molecular flexibility index (Phi) is 3.25. The number of hydrogen-bond acceptors (Lipinski definition) is 3. The summed E-state index contributed by atoms with van der Waals surface area (Å²) in [5.41, 5.74) is 0.182. The van der Waals surface area contributed by atoms with Crippen molar-refractivity contribution in [2.24, 2.45) is 0 Å². The summed E-state index contributed by atoms with van der Waals surface area (Å²) in [5, 5.41) is 9.46. The minimum absolute atomic E-state index is 0.209. The second-order valence-corrected chi connectivity index (χ2v) is 4.07. The van der Waals surface area contributed by atoms with Crippen molar-refractivity contribution in [2.45, 2.75) is 13.5 Å². The highest BCUT2D eigenvalue weighted by Gasteiger charge is 2.12. The highest BCUT2D eigenvalue weighted by atomic mass is 35.5. The molecule has 18 heavy (non-hydrogen) atoms. The molecular formula is C12H10ClNO4. The van der Waals surface area contributed by atoms with Gasteiger partial charge in [-0.3, -0.25) is 4.79 Å². The summed E-state index contributed by atoms with van der Waals surface area (Å²) < 4.78 is 6.19. The number of fused-ring (bicyclic) bond motifs is 1. The normalized spacial score (nSPS) is 10.6. The molecule has 1 heterocycles. The molecule has 0 aliphatic carbocycles. The summed E-state index contributed by atoms with van der Waals surface area (Å²) in [6.45, 7) is 2.43. The van der Waals surface area contributed by atoms with Crippen LogP contribution >= 0.6 is 11.6 Å². The molecule has 0 aliphatic heterocycles. The number of ether oxygens (including phenoxy) is 1. The van der Waals surface area contributed by atoms with Crippen LogP contribution in [0.3, 0.4) is 0 Å². The minimum atomic E-state index is -1.51. The lowest BCUT2D eigenvalue weighted by atomic mass is 10.2. The predicted octanol–water partition coefficient (Wildman–Crippen LogP) is 2.73. The van der Waals surface area contributed by atoms with E-state index in [-0.39, 0.29) is 5.75 Å². The topological polar surface area (TPSA) is 68.5 Å². The SMILES string of the molecule is CCn1cc(OC(=O)O)c(=O)c2ccc(Cl)cc21. The van der Waals surface area contributed by atoms with Crippen molar-refractivity contribution in [1.29, 1.82) is 0 Å². The van der Waals surface area contributed by atoms with Gasteiger partial charge in [-0.1, -0.05) is 11.6 Å². The summed E-state index contributed by atoms with van der Waals surface area (Å²) >= 11 is 5.88. The van der Waals surface area contributed by atoms with Crippen molar-refractivity contribution in [3.8, 4) is 5.75 Å². The maximum Gasteiger partial charge on any atom is 0.511 e. The van der Waals surface area contributed by atoms with E-state index in [0.29, 0.717) is 22.5 Å². The Balaban J connectivity index is 2.78. The first-order chi connectivity index (χ1) is 8.52. The minimum Gasteiger partial charge on any atom is -0.449 e. The van der Waals surface area contributed by atoms with E-state index in [1.54, 1.807) is 22.8 Å². The van der Waals surface area contributed by atoms with Gasteiger partial charge in [0.05, 0.1) is 11.7 Å². The number of carbonyl (C=O) groups is 1. The zero-order valence-corrected chi connectivity index (χ0v) is 10.3. The fourth-order valence-electron chi connectivity index (χ4n) is 1.77. The van der Waals surface area contributed by atoms with Gasteiger partial charge in [-0.15, -0.1) is 0 Å². The molecule has 0 spiro atoms. The molecule has 2 aromatic rings. The van der Waals surface area contributed by atoms with Crippen LogP contribution in [0.2, 0.25) is 5.02 Å². The number of halogens is 1. The van der Waals surface area contributed by atoms with Gasteiger partial charge < -0.3 is 14.4 Å². The third-order valence-corrected chi connectivity index (χ3v) is 2.78. The van der Waals surface area contributed by atoms with E-state index < -0.39 is 11.6 Å². The Morgan fingerprint density at radius 2 is 2.22 bits per heavy atom. The first-order valence-corrected chi connectivity index (χ1v) is 5.64. The Morgan fingerprint density at radius 3 is 2.83 bits per heavy atom. The quantitative estimate of drug-likeness (QED) is 0.850. The second kappa shape index (κ2) is 4.70. The maximum atomic E-state index is 12.0. The number of pyridine rings is 1. The van der Waals surface area contributed by atoms with Crippen LogP contribution in [0.15, 0.2) is 29.2 Å². The van der Waals surface area contributed by atoms with Crippen molar-refractivity contribution < 1.29 is 14.6 Å². The van der Waals surface area contributed by atoms with Crippen molar-refractivity contribution >= 4 is 28.7 Å². The van der Waals surface area contributed by atoms with E-state index >= 15 is 0 Å². The summed E-state index contributed by atoms with van der Waals surface area (Å²) in [4.78, 5) is 22.5. The standard InChI is InChI=1S/C12H10ClNO4/c1-2-14-6-10(18-12(16)17)11(15)8-4-3-7(13)5-9(8)14/h3-6H,2H2,1H3,(H,16,17). The van der Waals surface area contributed by atoms with Crippen LogP contribution in [0.4, 0.5) is 4.79 Å². The number of aromatic nitrogens is 1. The van der Waals surface area contributed by atoms with Crippen molar-refractivity contribution in [3.63, 3.8) is 0 Å². The highest BCUT2D eigenvalue weighted by molar-refractivity contribution is 6.31. The molecule has 0 saturated heterocycles. The molecule has 1 N–H and O–H groups in total. The van der Waals surface area contributed by atoms with Crippen molar-refractivity contribution in [1.82, 2.24) is 4.57 Å². The number of rotatable bonds is 2. The molecule has 2 rings (SSSR count). The molecule has 0 fully saturated rings. The van der Waals surface area contributed by atoms with Gasteiger partial charge in [0, 0.05) is 17.0 Å². The van der Waals surface area contributed by atoms with Crippen LogP contribution in [-0.2, 0) is 6.54 Å². The lowest BCUT2D eigenvalue weighted by molar-refractivity contribution is 0.144. The Hall–Kier alpha value is -2.01. The summed E-state index contributed by atoms with van der Waals surface area (Å²) in [7, 11) is 0. The van der Waals surface area contributed by atoms with Gasteiger partial charge in [-0.05, 0) is 25.1 Å². The van der Waals surface area contributed by atoms with Crippen LogP contribution < -0.4 is 10.2 Å². The van der Waals surface area contributed by atoms with Crippen LogP contribution in [0, 0.1) is 0 Å². The third-order valence-electron chi connectivity index (χ3n) is 2.55. The van der Waals surface area contributed by atoms with E-state index in [2.05, 4.69) is 4.74 Å². The van der Waals surface area contributed by atoms with Crippen molar-refractivity contribution in [3.05, 3.63) is 39.6 Å². The molecular weight excluding hydrogens is 258 g/mol. The lowest BCUT2D eigenvalue weighted by Gasteiger charge is -2.10. The number of carboxylic acid groups (broad SMARTS) is 1. The molecule has 0 unspecified atom stereocenters. The maximum absolute atomic E-state index is 12.0. The van der Waals surface area contributed by atoms with Gasteiger partial charge in [0.2, 0.25) is 5.43 Å². The monoisotopic (exact) mass is 267 g/mol. The molecule has 0 atom stereocenters. The number of hydrogen-bond donors (Lipinski definition) is 1. The molecule has 0 saturated carbocycles. The smallest absolute Gasteiger partial charge is 0.449 e. The lowest BCUT2D eigenvalue weighted by Crippen LogP contribution is -2.16. The second-order valence-electron chi connectivity index (χ2n) is 3.64. The number of benzene rings is 1. The third kappa shape index (κ3) is 2.17. The number of aryl methyl sites for hydroxylation is 1. The van der Waals surface area contributed by atoms with E-state index in [1.165, 1.54) is 6.20 Å². The first-order valence-electron chi connectivity index (χ1n) is 5.26. The largest absolute Gasteiger partial charge is 0.511 e. The Bertz CT molecular complexity index is 678. The van der Waals surface area contributed by atoms with Gasteiger partial charge in [0.15, 0.2) is 5.75 Å². The average Bonchev–Trinajstić information content (AvgIpc) is 2.32. The molecule has 0 bridgehead atoms. The van der Waals surface area contributed by atoms with Gasteiger partial charge >= 0.3 is 6.16 Å². The highest BCUT2D eigenvalue weighted by Crippen LogP contribution is 2.20. The van der Waals surface area contributed by atoms with Crippen LogP contribution in [-0.4, -0.2) is 15.8 Å². The summed E-state index contributed by atoms with van der Waals surface area (Å²) in [5.74, 6) is -0.209. The fraction of sp³-hybridized carbons (Fsp3) is 0.167. The predicted molar refractivity (Wildman–Crippen MR) is 67.5 cm³/mol. The Morgan fingerprint density at radius 1 is 1.50 bits per heavy atom. The van der Waals surface area contributed by atoms with E-state index in [0.717, 1.165) is 0 Å². The summed E-state index contributed by atoms with van der Waals surface area (Å²) in [6, 6.07) is 4.79. The van der Waals surface area contributed by atoms with E-state index in [9.17, 15) is 9.59 Å². The first kappa shape index (κ1) is 12.4. The zero-order valence-electron chi connectivity index (χ0n) is 9.51. The molecule has 1 aromatic carbocycles.